The van der Waals surface area contributed by atoms with Crippen LogP contribution in [0.2, 0.25) is 0 Å². The van der Waals surface area contributed by atoms with E-state index in [1.165, 1.54) is 10.5 Å². The van der Waals surface area contributed by atoms with Gasteiger partial charge in [-0.15, -0.1) is 11.8 Å². The minimum Gasteiger partial charge on any atom is -0.315 e. The smallest absolute Gasteiger partial charge is 0.138 e. The second kappa shape index (κ2) is 6.62. The van der Waals surface area contributed by atoms with Crippen molar-refractivity contribution in [1.82, 2.24) is 20.1 Å². The summed E-state index contributed by atoms with van der Waals surface area (Å²) in [4.78, 5) is 5.87. The fourth-order valence-electron chi connectivity index (χ4n) is 2.89. The summed E-state index contributed by atoms with van der Waals surface area (Å²) in [6.45, 7) is 3.12. The average molecular weight is 302 g/mol. The third-order valence-electron chi connectivity index (χ3n) is 4.03. The maximum atomic E-state index is 4.45. The summed E-state index contributed by atoms with van der Waals surface area (Å²) >= 11 is 1.99. The van der Waals surface area contributed by atoms with Crippen molar-refractivity contribution in [3.8, 4) is 0 Å². The predicted octanol–water partition coefficient (Wildman–Crippen LogP) is 2.54. The van der Waals surface area contributed by atoms with E-state index in [0.717, 1.165) is 31.6 Å². The monoisotopic (exact) mass is 302 g/mol. The van der Waals surface area contributed by atoms with Gasteiger partial charge in [-0.1, -0.05) is 25.1 Å². The molecule has 1 N–H and O–H groups in total. The Bertz CT molecular complexity index is 570. The van der Waals surface area contributed by atoms with Crippen LogP contribution in [0, 0.1) is 0 Å². The van der Waals surface area contributed by atoms with Crippen molar-refractivity contribution >= 4 is 11.8 Å². The third kappa shape index (κ3) is 3.14. The van der Waals surface area contributed by atoms with E-state index >= 15 is 0 Å². The molecule has 2 unspecified atom stereocenters. The molecule has 1 aromatic heterocycles. The molecule has 0 aliphatic carbocycles. The van der Waals surface area contributed by atoms with E-state index in [9.17, 15) is 0 Å². The highest BCUT2D eigenvalue weighted by Crippen LogP contribution is 2.38. The molecule has 2 atom stereocenters. The molecule has 0 amide bonds. The van der Waals surface area contributed by atoms with Crippen LogP contribution in [0.4, 0.5) is 0 Å². The van der Waals surface area contributed by atoms with Gasteiger partial charge in [0, 0.05) is 29.2 Å². The molecule has 0 fully saturated rings. The molecule has 0 bridgehead atoms. The number of rotatable bonds is 6. The van der Waals surface area contributed by atoms with Gasteiger partial charge >= 0.3 is 0 Å². The molecule has 0 radical (unpaired) electrons. The standard InChI is InChI=1S/C16H22N4S/c1-3-8-20-16(18-11-19-20)10-13(17-2)15-9-12-6-4-5-7-14(12)21-15/h4-7,11,13,15,17H,3,8-10H2,1-2H3. The highest BCUT2D eigenvalue weighted by molar-refractivity contribution is 8.00. The lowest BCUT2D eigenvalue weighted by Gasteiger charge is -2.22. The highest BCUT2D eigenvalue weighted by Gasteiger charge is 2.29. The number of aromatic nitrogens is 3. The Balaban J connectivity index is 1.70. The van der Waals surface area contributed by atoms with E-state index < -0.39 is 0 Å². The molecule has 1 aliphatic heterocycles. The van der Waals surface area contributed by atoms with Crippen LogP contribution in [0.5, 0.6) is 0 Å². The number of fused-ring (bicyclic) bond motifs is 1. The van der Waals surface area contributed by atoms with Gasteiger partial charge in [0.1, 0.15) is 12.2 Å². The van der Waals surface area contributed by atoms with Crippen LogP contribution in [0.25, 0.3) is 0 Å². The van der Waals surface area contributed by atoms with E-state index in [1.807, 2.05) is 16.4 Å². The van der Waals surface area contributed by atoms with Gasteiger partial charge in [-0.25, -0.2) is 4.98 Å². The van der Waals surface area contributed by atoms with Gasteiger partial charge in [-0.2, -0.15) is 5.10 Å². The number of hydrogen-bond acceptors (Lipinski definition) is 4. The maximum Gasteiger partial charge on any atom is 0.138 e. The van der Waals surface area contributed by atoms with Crippen molar-refractivity contribution in [2.45, 2.75) is 48.9 Å². The summed E-state index contributed by atoms with van der Waals surface area (Å²) in [5.41, 5.74) is 1.47. The maximum absolute atomic E-state index is 4.45. The van der Waals surface area contributed by atoms with E-state index in [4.69, 9.17) is 0 Å². The first kappa shape index (κ1) is 14.6. The first-order valence-electron chi connectivity index (χ1n) is 7.60. The molecule has 2 aromatic rings. The fraction of sp³-hybridized carbons (Fsp3) is 0.500. The Hall–Kier alpha value is -1.33. The van der Waals surface area contributed by atoms with E-state index in [2.05, 4.69) is 53.6 Å². The van der Waals surface area contributed by atoms with Gasteiger partial charge in [0.25, 0.3) is 0 Å². The molecule has 1 aromatic carbocycles. The molecule has 112 valence electrons. The molecule has 0 spiro atoms. The number of thioether (sulfide) groups is 1. The lowest BCUT2D eigenvalue weighted by atomic mass is 10.0. The lowest BCUT2D eigenvalue weighted by Crippen LogP contribution is -2.38. The SMILES string of the molecule is CCCn1ncnc1CC(NC)C1Cc2ccccc2S1. The lowest BCUT2D eigenvalue weighted by molar-refractivity contribution is 0.491. The van der Waals surface area contributed by atoms with E-state index in [1.54, 1.807) is 6.33 Å². The summed E-state index contributed by atoms with van der Waals surface area (Å²) in [7, 11) is 2.05. The predicted molar refractivity (Wildman–Crippen MR) is 86.7 cm³/mol. The minimum atomic E-state index is 0.419. The van der Waals surface area contributed by atoms with Crippen LogP contribution in [0.15, 0.2) is 35.5 Å². The summed E-state index contributed by atoms with van der Waals surface area (Å²) in [6, 6.07) is 9.15. The topological polar surface area (TPSA) is 42.7 Å². The third-order valence-corrected chi connectivity index (χ3v) is 5.48. The molecule has 1 aliphatic rings. The number of nitrogens with zero attached hydrogens (tertiary/aromatic N) is 3. The molecule has 21 heavy (non-hydrogen) atoms. The number of aryl methyl sites for hydroxylation is 1. The molecule has 3 rings (SSSR count). The van der Waals surface area contributed by atoms with Gasteiger partial charge < -0.3 is 5.32 Å². The van der Waals surface area contributed by atoms with Crippen LogP contribution in [0.3, 0.4) is 0 Å². The molecular weight excluding hydrogens is 280 g/mol. The zero-order valence-electron chi connectivity index (χ0n) is 12.6. The summed E-state index contributed by atoms with van der Waals surface area (Å²) < 4.78 is 2.04. The fourth-order valence-corrected chi connectivity index (χ4v) is 4.34. The second-order valence-corrected chi connectivity index (χ2v) is 6.75. The summed E-state index contributed by atoms with van der Waals surface area (Å²) in [5.74, 6) is 1.09. The minimum absolute atomic E-state index is 0.419. The first-order valence-corrected chi connectivity index (χ1v) is 8.48. The Morgan fingerprint density at radius 1 is 1.43 bits per heavy atom. The normalized spacial score (nSPS) is 18.7. The van der Waals surface area contributed by atoms with Crippen LogP contribution < -0.4 is 5.32 Å². The molecular formula is C16H22N4S. The zero-order valence-corrected chi connectivity index (χ0v) is 13.4. The summed E-state index contributed by atoms with van der Waals surface area (Å²) in [5, 5.41) is 8.38. The van der Waals surface area contributed by atoms with Crippen molar-refractivity contribution in [3.05, 3.63) is 42.0 Å². The largest absolute Gasteiger partial charge is 0.315 e. The van der Waals surface area contributed by atoms with Crippen LogP contribution in [-0.2, 0) is 19.4 Å². The number of nitrogens with one attached hydrogen (secondary N) is 1. The second-order valence-electron chi connectivity index (χ2n) is 5.47. The zero-order chi connectivity index (χ0) is 14.7. The van der Waals surface area contributed by atoms with Crippen molar-refractivity contribution in [2.24, 2.45) is 0 Å². The van der Waals surface area contributed by atoms with E-state index in [0.29, 0.717) is 11.3 Å². The number of likely N-dealkylation sites (N-methyl/N-ethyl adjacent to an activating group) is 1. The Kier molecular flexibility index (Phi) is 4.60. The van der Waals surface area contributed by atoms with Gasteiger partial charge in [0.2, 0.25) is 0 Å². The van der Waals surface area contributed by atoms with Gasteiger partial charge in [0.15, 0.2) is 0 Å². The molecule has 0 saturated heterocycles. The van der Waals surface area contributed by atoms with Gasteiger partial charge in [0.05, 0.1) is 0 Å². The van der Waals surface area contributed by atoms with Gasteiger partial charge in [-0.3, -0.25) is 4.68 Å². The summed E-state index contributed by atoms with van der Waals surface area (Å²) in [6.07, 6.45) is 4.83. The number of hydrogen-bond donors (Lipinski definition) is 1. The average Bonchev–Trinajstić information content (AvgIpc) is 3.11. The Morgan fingerprint density at radius 2 is 2.29 bits per heavy atom. The quantitative estimate of drug-likeness (QED) is 0.890. The Morgan fingerprint density at radius 3 is 3.05 bits per heavy atom. The van der Waals surface area contributed by atoms with Crippen LogP contribution in [-0.4, -0.2) is 33.1 Å². The number of benzene rings is 1. The van der Waals surface area contributed by atoms with Crippen molar-refractivity contribution in [2.75, 3.05) is 7.05 Å². The first-order chi connectivity index (χ1) is 10.3. The van der Waals surface area contributed by atoms with Gasteiger partial charge in [-0.05, 0) is 31.5 Å². The van der Waals surface area contributed by atoms with Crippen LogP contribution in [0.1, 0.15) is 24.7 Å². The van der Waals surface area contributed by atoms with Crippen molar-refractivity contribution in [3.63, 3.8) is 0 Å². The Labute approximate surface area is 130 Å². The molecule has 5 heteroatoms. The molecule has 2 heterocycles. The molecule has 0 saturated carbocycles. The highest BCUT2D eigenvalue weighted by atomic mass is 32.2. The molecule has 4 nitrogen and oxygen atoms in total. The van der Waals surface area contributed by atoms with E-state index in [-0.39, 0.29) is 0 Å². The van der Waals surface area contributed by atoms with Crippen molar-refractivity contribution in [1.29, 1.82) is 0 Å². The van der Waals surface area contributed by atoms with Crippen LogP contribution >= 0.6 is 11.8 Å². The van der Waals surface area contributed by atoms with Crippen molar-refractivity contribution < 1.29 is 0 Å².